The Labute approximate surface area is 177 Å². The van der Waals surface area contributed by atoms with Gasteiger partial charge in [0.2, 0.25) is 15.2 Å². The molecular formula is C18H17ClN4O4S2. The minimum Gasteiger partial charge on any atom is -0.497 e. The van der Waals surface area contributed by atoms with Gasteiger partial charge in [0.05, 0.1) is 29.6 Å². The van der Waals surface area contributed by atoms with Crippen LogP contribution in [0.1, 0.15) is 10.4 Å². The standard InChI is InChI=1S/C18H17ClN4O4S2/c1-23(29(3,25)26)12-6-9-14(15(19)10-12)16(24)20-18-22-21-17(28-18)11-4-7-13(27-2)8-5-11/h4-10H,1-3H3,(H,20,22,24). The lowest BCUT2D eigenvalue weighted by atomic mass is 10.2. The van der Waals surface area contributed by atoms with E-state index in [0.29, 0.717) is 15.8 Å². The van der Waals surface area contributed by atoms with Gasteiger partial charge in [-0.1, -0.05) is 22.9 Å². The fraction of sp³-hybridized carbons (Fsp3) is 0.167. The first-order chi connectivity index (χ1) is 13.7. The predicted molar refractivity (Wildman–Crippen MR) is 115 cm³/mol. The number of rotatable bonds is 6. The summed E-state index contributed by atoms with van der Waals surface area (Å²) in [5.74, 6) is 0.257. The molecule has 0 bridgehead atoms. The fourth-order valence-corrected chi connectivity index (χ4v) is 3.87. The van der Waals surface area contributed by atoms with Crippen LogP contribution in [-0.2, 0) is 10.0 Å². The highest BCUT2D eigenvalue weighted by molar-refractivity contribution is 7.92. The molecule has 1 aromatic heterocycles. The second-order valence-corrected chi connectivity index (χ2v) is 9.39. The third kappa shape index (κ3) is 4.84. The number of halogens is 1. The lowest BCUT2D eigenvalue weighted by molar-refractivity contribution is 0.102. The number of nitrogens with zero attached hydrogens (tertiary/aromatic N) is 3. The van der Waals surface area contributed by atoms with E-state index in [-0.39, 0.29) is 10.6 Å². The van der Waals surface area contributed by atoms with E-state index in [4.69, 9.17) is 16.3 Å². The normalized spacial score (nSPS) is 11.2. The molecule has 0 atom stereocenters. The zero-order valence-electron chi connectivity index (χ0n) is 15.7. The molecule has 8 nitrogen and oxygen atoms in total. The van der Waals surface area contributed by atoms with Crippen molar-refractivity contribution in [2.75, 3.05) is 30.0 Å². The molecule has 11 heteroatoms. The van der Waals surface area contributed by atoms with Crippen LogP contribution in [0.15, 0.2) is 42.5 Å². The third-order valence-electron chi connectivity index (χ3n) is 4.04. The summed E-state index contributed by atoms with van der Waals surface area (Å²) >= 11 is 7.40. The SMILES string of the molecule is COc1ccc(-c2nnc(NC(=O)c3ccc(N(C)S(C)(=O)=O)cc3Cl)s2)cc1. The van der Waals surface area contributed by atoms with Gasteiger partial charge in [-0.25, -0.2) is 8.42 Å². The van der Waals surface area contributed by atoms with Crippen LogP contribution in [0.3, 0.4) is 0 Å². The fourth-order valence-electron chi connectivity index (χ4n) is 2.36. The summed E-state index contributed by atoms with van der Waals surface area (Å²) < 4.78 is 29.5. The van der Waals surface area contributed by atoms with Gasteiger partial charge in [0.25, 0.3) is 5.91 Å². The van der Waals surface area contributed by atoms with Crippen molar-refractivity contribution in [2.45, 2.75) is 0 Å². The number of hydrogen-bond donors (Lipinski definition) is 1. The maximum absolute atomic E-state index is 12.5. The molecule has 3 rings (SSSR count). The van der Waals surface area contributed by atoms with Crippen molar-refractivity contribution in [2.24, 2.45) is 0 Å². The van der Waals surface area contributed by atoms with E-state index in [2.05, 4.69) is 15.5 Å². The monoisotopic (exact) mass is 452 g/mol. The highest BCUT2D eigenvalue weighted by atomic mass is 35.5. The molecule has 152 valence electrons. The summed E-state index contributed by atoms with van der Waals surface area (Å²) in [6.07, 6.45) is 1.08. The third-order valence-corrected chi connectivity index (χ3v) is 6.45. The number of carbonyl (C=O) groups excluding carboxylic acids is 1. The van der Waals surface area contributed by atoms with Gasteiger partial charge in [0, 0.05) is 12.6 Å². The van der Waals surface area contributed by atoms with Crippen LogP contribution in [0.25, 0.3) is 10.6 Å². The maximum Gasteiger partial charge on any atom is 0.259 e. The molecule has 0 aliphatic rings. The average Bonchev–Trinajstić information content (AvgIpc) is 3.15. The molecule has 0 aliphatic heterocycles. The van der Waals surface area contributed by atoms with E-state index in [9.17, 15) is 13.2 Å². The maximum atomic E-state index is 12.5. The smallest absolute Gasteiger partial charge is 0.259 e. The van der Waals surface area contributed by atoms with Gasteiger partial charge >= 0.3 is 0 Å². The van der Waals surface area contributed by atoms with Gasteiger partial charge in [0.1, 0.15) is 10.8 Å². The molecule has 1 heterocycles. The first-order valence-corrected chi connectivity index (χ1v) is 11.3. The van der Waals surface area contributed by atoms with E-state index in [1.807, 2.05) is 24.3 Å². The van der Waals surface area contributed by atoms with Gasteiger partial charge in [0.15, 0.2) is 0 Å². The first-order valence-electron chi connectivity index (χ1n) is 8.22. The van der Waals surface area contributed by atoms with E-state index in [0.717, 1.165) is 21.9 Å². The van der Waals surface area contributed by atoms with Crippen molar-refractivity contribution in [3.63, 3.8) is 0 Å². The van der Waals surface area contributed by atoms with Gasteiger partial charge in [-0.15, -0.1) is 10.2 Å². The van der Waals surface area contributed by atoms with Crippen molar-refractivity contribution in [3.05, 3.63) is 53.1 Å². The van der Waals surface area contributed by atoms with Crippen LogP contribution in [0.4, 0.5) is 10.8 Å². The summed E-state index contributed by atoms with van der Waals surface area (Å²) in [6.45, 7) is 0. The molecule has 0 spiro atoms. The van der Waals surface area contributed by atoms with Crippen molar-refractivity contribution in [3.8, 4) is 16.3 Å². The number of nitrogens with one attached hydrogen (secondary N) is 1. The highest BCUT2D eigenvalue weighted by Crippen LogP contribution is 2.29. The number of benzene rings is 2. The summed E-state index contributed by atoms with van der Waals surface area (Å²) in [5, 5.41) is 11.8. The molecule has 1 N–H and O–H groups in total. The zero-order chi connectivity index (χ0) is 21.2. The van der Waals surface area contributed by atoms with Crippen molar-refractivity contribution in [1.29, 1.82) is 0 Å². The number of anilines is 2. The van der Waals surface area contributed by atoms with Crippen molar-refractivity contribution >= 4 is 49.7 Å². The van der Waals surface area contributed by atoms with Crippen LogP contribution in [0.2, 0.25) is 5.02 Å². The second kappa shape index (κ2) is 8.36. The summed E-state index contributed by atoms with van der Waals surface area (Å²) in [4.78, 5) is 12.5. The molecule has 0 radical (unpaired) electrons. The quantitative estimate of drug-likeness (QED) is 0.614. The summed E-state index contributed by atoms with van der Waals surface area (Å²) in [7, 11) is -0.440. The molecular weight excluding hydrogens is 436 g/mol. The Balaban J connectivity index is 1.76. The molecule has 3 aromatic rings. The van der Waals surface area contributed by atoms with E-state index >= 15 is 0 Å². The minimum absolute atomic E-state index is 0.121. The Morgan fingerprint density at radius 3 is 2.45 bits per heavy atom. The minimum atomic E-state index is -3.43. The topological polar surface area (TPSA) is 101 Å². The zero-order valence-corrected chi connectivity index (χ0v) is 18.1. The average molecular weight is 453 g/mol. The second-order valence-electron chi connectivity index (χ2n) is 5.99. The molecule has 0 fully saturated rings. The largest absolute Gasteiger partial charge is 0.497 e. The number of sulfonamides is 1. The van der Waals surface area contributed by atoms with Crippen molar-refractivity contribution in [1.82, 2.24) is 10.2 Å². The van der Waals surface area contributed by atoms with E-state index in [1.54, 1.807) is 7.11 Å². The van der Waals surface area contributed by atoms with E-state index in [1.165, 1.54) is 36.6 Å². The number of aromatic nitrogens is 2. The molecule has 0 saturated heterocycles. The lowest BCUT2D eigenvalue weighted by Gasteiger charge is -2.17. The summed E-state index contributed by atoms with van der Waals surface area (Å²) in [5.41, 5.74) is 1.39. The predicted octanol–water partition coefficient (Wildman–Crippen LogP) is 3.52. The van der Waals surface area contributed by atoms with Crippen LogP contribution in [0.5, 0.6) is 5.75 Å². The van der Waals surface area contributed by atoms with Gasteiger partial charge < -0.3 is 4.74 Å². The Morgan fingerprint density at radius 1 is 1.17 bits per heavy atom. The highest BCUT2D eigenvalue weighted by Gasteiger charge is 2.17. The molecule has 0 unspecified atom stereocenters. The number of ether oxygens (including phenoxy) is 1. The number of hydrogen-bond acceptors (Lipinski definition) is 7. The van der Waals surface area contributed by atoms with E-state index < -0.39 is 15.9 Å². The van der Waals surface area contributed by atoms with Gasteiger partial charge in [-0.3, -0.25) is 14.4 Å². The van der Waals surface area contributed by atoms with Crippen molar-refractivity contribution < 1.29 is 17.9 Å². The first kappa shape index (κ1) is 21.0. The number of carbonyl (C=O) groups is 1. The van der Waals surface area contributed by atoms with Crippen LogP contribution in [-0.4, -0.2) is 44.9 Å². The van der Waals surface area contributed by atoms with Crippen LogP contribution >= 0.6 is 22.9 Å². The Kier molecular flexibility index (Phi) is 6.06. The Bertz CT molecular complexity index is 1150. The lowest BCUT2D eigenvalue weighted by Crippen LogP contribution is -2.25. The number of methoxy groups -OCH3 is 1. The molecule has 0 saturated carbocycles. The number of amides is 1. The molecule has 0 aliphatic carbocycles. The Morgan fingerprint density at radius 2 is 1.86 bits per heavy atom. The molecule has 29 heavy (non-hydrogen) atoms. The van der Waals surface area contributed by atoms with Crippen LogP contribution in [0, 0.1) is 0 Å². The molecule has 1 amide bonds. The van der Waals surface area contributed by atoms with Crippen LogP contribution < -0.4 is 14.4 Å². The van der Waals surface area contributed by atoms with Gasteiger partial charge in [-0.2, -0.15) is 0 Å². The molecule has 2 aromatic carbocycles. The Hall–Kier alpha value is -2.69. The van der Waals surface area contributed by atoms with Gasteiger partial charge in [-0.05, 0) is 42.5 Å². The summed E-state index contributed by atoms with van der Waals surface area (Å²) in [6, 6.07) is 11.7.